The van der Waals surface area contributed by atoms with E-state index in [4.69, 9.17) is 4.74 Å². The van der Waals surface area contributed by atoms with E-state index in [2.05, 4.69) is 12.2 Å². The highest BCUT2D eigenvalue weighted by molar-refractivity contribution is 5.82. The van der Waals surface area contributed by atoms with Gasteiger partial charge in [0.05, 0.1) is 18.7 Å². The van der Waals surface area contributed by atoms with Crippen LogP contribution in [-0.2, 0) is 9.53 Å². The van der Waals surface area contributed by atoms with Crippen LogP contribution in [-0.4, -0.2) is 55.1 Å². The Labute approximate surface area is 118 Å². The van der Waals surface area contributed by atoms with Crippen molar-refractivity contribution in [3.63, 3.8) is 0 Å². The average Bonchev–Trinajstić information content (AvgIpc) is 2.64. The minimum atomic E-state index is -2.75. The third kappa shape index (κ3) is 4.12. The van der Waals surface area contributed by atoms with E-state index in [1.165, 1.54) is 0 Å². The monoisotopic (exact) mass is 290 g/mol. The molecule has 2 aliphatic rings. The molecular formula is C14H24F2N2O2. The molecule has 1 amide bonds. The maximum absolute atomic E-state index is 13.2. The molecule has 0 aromatic rings. The van der Waals surface area contributed by atoms with Crippen LogP contribution in [0.1, 0.15) is 39.0 Å². The number of amides is 1. The van der Waals surface area contributed by atoms with E-state index in [1.54, 1.807) is 4.90 Å². The van der Waals surface area contributed by atoms with Crippen LogP contribution in [0.5, 0.6) is 0 Å². The van der Waals surface area contributed by atoms with Gasteiger partial charge in [-0.15, -0.1) is 0 Å². The van der Waals surface area contributed by atoms with Crippen molar-refractivity contribution in [3.05, 3.63) is 0 Å². The highest BCUT2D eigenvalue weighted by Gasteiger charge is 2.43. The van der Waals surface area contributed by atoms with Crippen molar-refractivity contribution in [1.29, 1.82) is 0 Å². The van der Waals surface area contributed by atoms with Crippen LogP contribution in [0.3, 0.4) is 0 Å². The Morgan fingerprint density at radius 1 is 1.40 bits per heavy atom. The van der Waals surface area contributed by atoms with Crippen LogP contribution in [0, 0.1) is 0 Å². The minimum absolute atomic E-state index is 0.182. The first-order valence-electron chi connectivity index (χ1n) is 7.53. The molecule has 0 saturated carbocycles. The third-order valence-electron chi connectivity index (χ3n) is 3.95. The van der Waals surface area contributed by atoms with E-state index < -0.39 is 12.0 Å². The molecule has 0 aliphatic carbocycles. The molecule has 2 unspecified atom stereocenters. The van der Waals surface area contributed by atoms with Gasteiger partial charge < -0.3 is 9.64 Å². The predicted molar refractivity (Wildman–Crippen MR) is 71.8 cm³/mol. The summed E-state index contributed by atoms with van der Waals surface area (Å²) in [7, 11) is 0. The van der Waals surface area contributed by atoms with Gasteiger partial charge in [-0.25, -0.2) is 8.78 Å². The summed E-state index contributed by atoms with van der Waals surface area (Å²) in [4.78, 5) is 14.0. The van der Waals surface area contributed by atoms with Gasteiger partial charge in [0.1, 0.15) is 0 Å². The highest BCUT2D eigenvalue weighted by Crippen LogP contribution is 2.26. The lowest BCUT2D eigenvalue weighted by Gasteiger charge is -2.24. The van der Waals surface area contributed by atoms with Crippen LogP contribution in [0.25, 0.3) is 0 Å². The van der Waals surface area contributed by atoms with Gasteiger partial charge in [0.2, 0.25) is 5.91 Å². The number of ether oxygens (including phenoxy) is 1. The fourth-order valence-corrected chi connectivity index (χ4v) is 2.85. The van der Waals surface area contributed by atoms with Gasteiger partial charge >= 0.3 is 0 Å². The lowest BCUT2D eigenvalue weighted by molar-refractivity contribution is -0.133. The van der Waals surface area contributed by atoms with Crippen LogP contribution < -0.4 is 5.32 Å². The van der Waals surface area contributed by atoms with Crippen molar-refractivity contribution in [1.82, 2.24) is 10.2 Å². The second-order valence-corrected chi connectivity index (χ2v) is 5.74. The molecule has 0 radical (unpaired) electrons. The van der Waals surface area contributed by atoms with Gasteiger partial charge in [-0.2, -0.15) is 0 Å². The Hall–Kier alpha value is -0.750. The molecule has 116 valence electrons. The maximum atomic E-state index is 13.2. The Morgan fingerprint density at radius 3 is 2.85 bits per heavy atom. The van der Waals surface area contributed by atoms with Gasteiger partial charge in [0.15, 0.2) is 0 Å². The van der Waals surface area contributed by atoms with Crippen LogP contribution in [0.2, 0.25) is 0 Å². The van der Waals surface area contributed by atoms with E-state index in [0.717, 1.165) is 32.3 Å². The number of hydrogen-bond donors (Lipinski definition) is 1. The maximum Gasteiger partial charge on any atom is 0.262 e. The Bertz CT molecular complexity index is 339. The van der Waals surface area contributed by atoms with Gasteiger partial charge in [0, 0.05) is 26.1 Å². The van der Waals surface area contributed by atoms with Crippen molar-refractivity contribution < 1.29 is 18.3 Å². The normalized spacial score (nSPS) is 30.2. The Kier molecular flexibility index (Phi) is 5.32. The molecule has 1 N–H and O–H groups in total. The number of halogens is 2. The van der Waals surface area contributed by atoms with Crippen molar-refractivity contribution in [2.75, 3.05) is 26.2 Å². The van der Waals surface area contributed by atoms with Gasteiger partial charge in [0.25, 0.3) is 5.92 Å². The number of carbonyl (C=O) groups is 1. The first-order valence-corrected chi connectivity index (χ1v) is 7.53. The smallest absolute Gasteiger partial charge is 0.262 e. The summed E-state index contributed by atoms with van der Waals surface area (Å²) >= 11 is 0. The van der Waals surface area contributed by atoms with E-state index >= 15 is 0 Å². The second kappa shape index (κ2) is 6.80. The summed E-state index contributed by atoms with van der Waals surface area (Å²) in [6.45, 7) is 3.68. The number of likely N-dealkylation sites (tertiary alicyclic amines) is 1. The molecule has 4 nitrogen and oxygen atoms in total. The molecule has 0 aromatic heterocycles. The number of carbonyl (C=O) groups excluding carboxylic acids is 1. The molecule has 6 heteroatoms. The molecular weight excluding hydrogens is 266 g/mol. The molecule has 0 aromatic carbocycles. The fraction of sp³-hybridized carbons (Fsp3) is 0.929. The molecule has 0 bridgehead atoms. The summed E-state index contributed by atoms with van der Waals surface area (Å²) in [5, 5.41) is 2.64. The van der Waals surface area contributed by atoms with Crippen molar-refractivity contribution >= 4 is 5.91 Å². The van der Waals surface area contributed by atoms with E-state index in [1.807, 2.05) is 0 Å². The molecule has 2 aliphatic heterocycles. The van der Waals surface area contributed by atoms with E-state index in [0.29, 0.717) is 13.1 Å². The summed E-state index contributed by atoms with van der Waals surface area (Å²) < 4.78 is 32.0. The third-order valence-corrected chi connectivity index (χ3v) is 3.95. The quantitative estimate of drug-likeness (QED) is 0.858. The topological polar surface area (TPSA) is 41.6 Å². The first kappa shape index (κ1) is 15.6. The van der Waals surface area contributed by atoms with Crippen LogP contribution in [0.4, 0.5) is 8.78 Å². The van der Waals surface area contributed by atoms with Gasteiger partial charge in [-0.05, 0) is 25.7 Å². The van der Waals surface area contributed by atoms with Crippen LogP contribution in [0.15, 0.2) is 0 Å². The second-order valence-electron chi connectivity index (χ2n) is 5.74. The highest BCUT2D eigenvalue weighted by atomic mass is 19.3. The van der Waals surface area contributed by atoms with Crippen molar-refractivity contribution in [2.24, 2.45) is 0 Å². The Balaban J connectivity index is 1.82. The van der Waals surface area contributed by atoms with Crippen LogP contribution >= 0.6 is 0 Å². The van der Waals surface area contributed by atoms with Crippen molar-refractivity contribution in [3.8, 4) is 0 Å². The molecule has 2 rings (SSSR count). The summed E-state index contributed by atoms with van der Waals surface area (Å²) in [6, 6.07) is -0.724. The number of nitrogens with one attached hydrogen (secondary N) is 1. The summed E-state index contributed by atoms with van der Waals surface area (Å²) in [5.74, 6) is -2.93. The molecule has 2 heterocycles. The van der Waals surface area contributed by atoms with E-state index in [9.17, 15) is 13.6 Å². The van der Waals surface area contributed by atoms with Crippen molar-refractivity contribution in [2.45, 2.75) is 57.1 Å². The van der Waals surface area contributed by atoms with Gasteiger partial charge in [-0.1, -0.05) is 6.92 Å². The molecule has 20 heavy (non-hydrogen) atoms. The number of hydrogen-bond acceptors (Lipinski definition) is 3. The molecule has 0 spiro atoms. The predicted octanol–water partition coefficient (Wildman–Crippen LogP) is 1.79. The first-order chi connectivity index (χ1) is 9.52. The fourth-order valence-electron chi connectivity index (χ4n) is 2.85. The zero-order valence-electron chi connectivity index (χ0n) is 12.0. The summed E-state index contributed by atoms with van der Waals surface area (Å²) in [6.07, 6.45) is 3.43. The largest absolute Gasteiger partial charge is 0.378 e. The SMILES string of the molecule is CCCOC1CCCN(C(=O)C2CC(F)(F)CN2)CC1. The average molecular weight is 290 g/mol. The molecule has 2 fully saturated rings. The number of nitrogens with zero attached hydrogens (tertiary/aromatic N) is 1. The number of rotatable bonds is 4. The lowest BCUT2D eigenvalue weighted by atomic mass is 10.1. The van der Waals surface area contributed by atoms with E-state index in [-0.39, 0.29) is 25.0 Å². The van der Waals surface area contributed by atoms with Gasteiger partial charge in [-0.3, -0.25) is 10.1 Å². The lowest BCUT2D eigenvalue weighted by Crippen LogP contribution is -2.44. The number of alkyl halides is 2. The minimum Gasteiger partial charge on any atom is -0.378 e. The molecule has 2 saturated heterocycles. The zero-order valence-corrected chi connectivity index (χ0v) is 12.0. The summed E-state index contributed by atoms with van der Waals surface area (Å²) in [5.41, 5.74) is 0. The zero-order chi connectivity index (χ0) is 14.6. The Morgan fingerprint density at radius 2 is 2.20 bits per heavy atom. The molecule has 2 atom stereocenters. The standard InChI is InChI=1S/C14H24F2N2O2/c1-2-8-20-11-4-3-6-18(7-5-11)13(19)12-9-14(15,16)10-17-12/h11-12,17H,2-10H2,1H3.